The van der Waals surface area contributed by atoms with Crippen molar-refractivity contribution in [2.45, 2.75) is 44.0 Å². The largest absolute Gasteiger partial charge is 0.328 e. The smallest absolute Gasteiger partial charge is 0.0992 e. The molecular formula is C17H22N2S. The number of benzene rings is 1. The van der Waals surface area contributed by atoms with Gasteiger partial charge in [0.15, 0.2) is 0 Å². The van der Waals surface area contributed by atoms with Crippen molar-refractivity contribution in [3.05, 3.63) is 58.8 Å². The van der Waals surface area contributed by atoms with Crippen LogP contribution in [0.4, 0.5) is 0 Å². The van der Waals surface area contributed by atoms with Crippen LogP contribution in [-0.4, -0.2) is 11.0 Å². The summed E-state index contributed by atoms with van der Waals surface area (Å²) in [6.07, 6.45) is 2.84. The van der Waals surface area contributed by atoms with Gasteiger partial charge in [0.25, 0.3) is 0 Å². The Hall–Kier alpha value is -1.32. The molecule has 0 fully saturated rings. The van der Waals surface area contributed by atoms with E-state index < -0.39 is 0 Å². The summed E-state index contributed by atoms with van der Waals surface area (Å²) >= 11 is 1.79. The van der Waals surface area contributed by atoms with Gasteiger partial charge in [-0.1, -0.05) is 35.9 Å². The minimum Gasteiger partial charge on any atom is -0.328 e. The van der Waals surface area contributed by atoms with Crippen LogP contribution >= 0.6 is 11.8 Å². The summed E-state index contributed by atoms with van der Waals surface area (Å²) in [5, 5.41) is 1.11. The van der Waals surface area contributed by atoms with Gasteiger partial charge in [0.1, 0.15) is 0 Å². The SMILES string of the molecule is Cc1cccc(CSc2ncc(CC(C)N)cc2C)c1. The fourth-order valence-corrected chi connectivity index (χ4v) is 3.11. The molecule has 0 saturated carbocycles. The van der Waals surface area contributed by atoms with Crippen LogP contribution < -0.4 is 5.73 Å². The average Bonchev–Trinajstić information content (AvgIpc) is 2.37. The van der Waals surface area contributed by atoms with Gasteiger partial charge in [0.05, 0.1) is 5.03 Å². The van der Waals surface area contributed by atoms with Gasteiger partial charge in [-0.2, -0.15) is 0 Å². The highest BCUT2D eigenvalue weighted by atomic mass is 32.2. The highest BCUT2D eigenvalue weighted by Gasteiger charge is 2.05. The molecule has 2 N–H and O–H groups in total. The number of thioether (sulfide) groups is 1. The first-order valence-corrected chi connectivity index (χ1v) is 7.92. The minimum atomic E-state index is 0.182. The molecule has 0 spiro atoms. The van der Waals surface area contributed by atoms with Crippen molar-refractivity contribution in [1.82, 2.24) is 4.98 Å². The van der Waals surface area contributed by atoms with E-state index in [2.05, 4.69) is 49.2 Å². The summed E-state index contributed by atoms with van der Waals surface area (Å²) in [4.78, 5) is 4.58. The second kappa shape index (κ2) is 6.91. The standard InChI is InChI=1S/C17H22N2S/c1-12-5-4-6-15(7-12)11-20-17-13(2)8-16(10-19-17)9-14(3)18/h4-8,10,14H,9,11,18H2,1-3H3. The van der Waals surface area contributed by atoms with Gasteiger partial charge in [-0.3, -0.25) is 0 Å². The maximum atomic E-state index is 5.83. The van der Waals surface area contributed by atoms with E-state index in [-0.39, 0.29) is 6.04 Å². The maximum Gasteiger partial charge on any atom is 0.0992 e. The van der Waals surface area contributed by atoms with E-state index in [9.17, 15) is 0 Å². The lowest BCUT2D eigenvalue weighted by Crippen LogP contribution is -2.17. The van der Waals surface area contributed by atoms with Gasteiger partial charge in [-0.25, -0.2) is 4.98 Å². The van der Waals surface area contributed by atoms with Gasteiger partial charge >= 0.3 is 0 Å². The fourth-order valence-electron chi connectivity index (χ4n) is 2.21. The van der Waals surface area contributed by atoms with Crippen molar-refractivity contribution < 1.29 is 0 Å². The molecule has 2 aromatic rings. The number of nitrogens with zero attached hydrogens (tertiary/aromatic N) is 1. The third kappa shape index (κ3) is 4.36. The second-order valence-corrected chi connectivity index (χ2v) is 6.39. The molecule has 2 rings (SSSR count). The monoisotopic (exact) mass is 286 g/mol. The molecule has 0 bridgehead atoms. The Balaban J connectivity index is 2.03. The van der Waals surface area contributed by atoms with E-state index >= 15 is 0 Å². The molecule has 2 nitrogen and oxygen atoms in total. The summed E-state index contributed by atoms with van der Waals surface area (Å²) in [5.74, 6) is 0.960. The van der Waals surface area contributed by atoms with Gasteiger partial charge in [-0.05, 0) is 43.9 Å². The molecule has 0 amide bonds. The number of pyridine rings is 1. The molecule has 0 aliphatic heterocycles. The van der Waals surface area contributed by atoms with Gasteiger partial charge in [0, 0.05) is 18.0 Å². The molecule has 0 saturated heterocycles. The molecule has 1 heterocycles. The van der Waals surface area contributed by atoms with Crippen LogP contribution in [0.5, 0.6) is 0 Å². The molecule has 3 heteroatoms. The van der Waals surface area contributed by atoms with E-state index in [0.29, 0.717) is 0 Å². The van der Waals surface area contributed by atoms with Gasteiger partial charge in [0.2, 0.25) is 0 Å². The number of nitrogens with two attached hydrogens (primary N) is 1. The Morgan fingerprint density at radius 3 is 2.65 bits per heavy atom. The summed E-state index contributed by atoms with van der Waals surface area (Å²) in [6, 6.07) is 11.0. The first kappa shape index (κ1) is 15.1. The Kier molecular flexibility index (Phi) is 5.21. The van der Waals surface area contributed by atoms with Crippen LogP contribution in [0, 0.1) is 13.8 Å². The molecular weight excluding hydrogens is 264 g/mol. The molecule has 106 valence electrons. The van der Waals surface area contributed by atoms with Crippen molar-refractivity contribution >= 4 is 11.8 Å². The second-order valence-electron chi connectivity index (χ2n) is 5.42. The van der Waals surface area contributed by atoms with Crippen LogP contribution in [0.15, 0.2) is 41.6 Å². The Bertz CT molecular complexity index is 579. The van der Waals surface area contributed by atoms with Crippen LogP contribution in [-0.2, 0) is 12.2 Å². The maximum absolute atomic E-state index is 5.83. The van der Waals surface area contributed by atoms with Crippen molar-refractivity contribution in [3.8, 4) is 0 Å². The molecule has 1 unspecified atom stereocenters. The van der Waals surface area contributed by atoms with Crippen LogP contribution in [0.3, 0.4) is 0 Å². The number of aryl methyl sites for hydroxylation is 2. The number of rotatable bonds is 5. The predicted molar refractivity (Wildman–Crippen MR) is 87.1 cm³/mol. The topological polar surface area (TPSA) is 38.9 Å². The summed E-state index contributed by atoms with van der Waals surface area (Å²) < 4.78 is 0. The van der Waals surface area contributed by atoms with Crippen LogP contribution in [0.25, 0.3) is 0 Å². The highest BCUT2D eigenvalue weighted by Crippen LogP contribution is 2.25. The highest BCUT2D eigenvalue weighted by molar-refractivity contribution is 7.98. The summed E-state index contributed by atoms with van der Waals surface area (Å²) in [7, 11) is 0. The van der Waals surface area contributed by atoms with E-state index in [1.165, 1.54) is 22.3 Å². The number of hydrogen-bond donors (Lipinski definition) is 1. The molecule has 20 heavy (non-hydrogen) atoms. The van der Waals surface area contributed by atoms with E-state index in [0.717, 1.165) is 17.2 Å². The quantitative estimate of drug-likeness (QED) is 0.848. The lowest BCUT2D eigenvalue weighted by molar-refractivity contribution is 0.733. The Morgan fingerprint density at radius 1 is 1.20 bits per heavy atom. The molecule has 0 aliphatic carbocycles. The minimum absolute atomic E-state index is 0.182. The van der Waals surface area contributed by atoms with Crippen molar-refractivity contribution in [2.24, 2.45) is 5.73 Å². The van der Waals surface area contributed by atoms with Crippen LogP contribution in [0.2, 0.25) is 0 Å². The Labute approximate surface area is 125 Å². The fraction of sp³-hybridized carbons (Fsp3) is 0.353. The lowest BCUT2D eigenvalue weighted by atomic mass is 10.1. The molecule has 0 aliphatic rings. The summed E-state index contributed by atoms with van der Waals surface area (Å²) in [6.45, 7) is 6.27. The Morgan fingerprint density at radius 2 is 2.00 bits per heavy atom. The van der Waals surface area contributed by atoms with Crippen molar-refractivity contribution in [2.75, 3.05) is 0 Å². The zero-order valence-electron chi connectivity index (χ0n) is 12.4. The third-order valence-electron chi connectivity index (χ3n) is 3.10. The zero-order valence-corrected chi connectivity index (χ0v) is 13.2. The van der Waals surface area contributed by atoms with Crippen molar-refractivity contribution in [3.63, 3.8) is 0 Å². The number of hydrogen-bond acceptors (Lipinski definition) is 3. The van der Waals surface area contributed by atoms with E-state index in [1.807, 2.05) is 13.1 Å². The predicted octanol–water partition coefficient (Wildman–Crippen LogP) is 3.88. The molecule has 1 aromatic heterocycles. The average molecular weight is 286 g/mol. The normalized spacial score (nSPS) is 12.4. The van der Waals surface area contributed by atoms with Gasteiger partial charge < -0.3 is 5.73 Å². The van der Waals surface area contributed by atoms with E-state index in [1.54, 1.807) is 11.8 Å². The lowest BCUT2D eigenvalue weighted by Gasteiger charge is -2.09. The molecule has 1 atom stereocenters. The third-order valence-corrected chi connectivity index (χ3v) is 4.28. The van der Waals surface area contributed by atoms with E-state index in [4.69, 9.17) is 5.73 Å². The molecule has 1 aromatic carbocycles. The first-order chi connectivity index (χ1) is 9.54. The van der Waals surface area contributed by atoms with Gasteiger partial charge in [-0.15, -0.1) is 11.8 Å². The zero-order chi connectivity index (χ0) is 14.5. The molecule has 0 radical (unpaired) electrons. The first-order valence-electron chi connectivity index (χ1n) is 6.94. The number of aromatic nitrogens is 1. The van der Waals surface area contributed by atoms with Crippen LogP contribution in [0.1, 0.15) is 29.2 Å². The summed E-state index contributed by atoms with van der Waals surface area (Å²) in [5.41, 5.74) is 10.9. The van der Waals surface area contributed by atoms with Crippen molar-refractivity contribution in [1.29, 1.82) is 0 Å².